The van der Waals surface area contributed by atoms with Crippen LogP contribution >= 0.6 is 0 Å². The second-order valence-electron chi connectivity index (χ2n) is 8.05. The summed E-state index contributed by atoms with van der Waals surface area (Å²) in [6.07, 6.45) is 1.51. The molecule has 0 unspecified atom stereocenters. The molecule has 0 aliphatic rings. The van der Waals surface area contributed by atoms with Gasteiger partial charge in [0, 0.05) is 29.1 Å². The predicted octanol–water partition coefficient (Wildman–Crippen LogP) is 4.58. The molecule has 0 fully saturated rings. The second-order valence-corrected chi connectivity index (χ2v) is 8.05. The summed E-state index contributed by atoms with van der Waals surface area (Å²) in [5.74, 6) is -0.951. The van der Waals surface area contributed by atoms with Crippen LogP contribution in [0.25, 0.3) is 33.2 Å². The van der Waals surface area contributed by atoms with Crippen molar-refractivity contribution >= 4 is 16.8 Å². The molecule has 6 N–H and O–H groups in total. The number of aromatic nitrogens is 1. The van der Waals surface area contributed by atoms with E-state index in [2.05, 4.69) is 10.3 Å². The number of carbonyl (C=O) groups excluding carboxylic acids is 1. The number of aromatic amines is 1. The van der Waals surface area contributed by atoms with Gasteiger partial charge in [0.1, 0.15) is 17.3 Å². The van der Waals surface area contributed by atoms with Crippen molar-refractivity contribution in [3.63, 3.8) is 0 Å². The number of nitrogens with two attached hydrogens (primary N) is 2. The molecule has 0 saturated heterocycles. The van der Waals surface area contributed by atoms with Crippen molar-refractivity contribution in [2.75, 3.05) is 13.1 Å². The molecule has 3 aromatic carbocycles. The van der Waals surface area contributed by atoms with E-state index in [1.165, 1.54) is 24.3 Å². The lowest BCUT2D eigenvalue weighted by molar-refractivity contribution is 0.0947. The van der Waals surface area contributed by atoms with Gasteiger partial charge in [-0.2, -0.15) is 0 Å². The molecule has 4 rings (SSSR count). The van der Waals surface area contributed by atoms with Crippen LogP contribution in [0.2, 0.25) is 0 Å². The molecule has 1 amide bonds. The van der Waals surface area contributed by atoms with Crippen LogP contribution < -0.4 is 16.8 Å². The molecule has 1 aromatic heterocycles. The Hall–Kier alpha value is -3.55. The maximum absolute atomic E-state index is 13.5. The minimum Gasteiger partial charge on any atom is -0.350 e. The number of H-pyrrole nitrogens is 1. The predicted molar refractivity (Wildman–Crippen MR) is 128 cm³/mol. The lowest BCUT2D eigenvalue weighted by Crippen LogP contribution is -2.37. The van der Waals surface area contributed by atoms with Crippen LogP contribution in [0.4, 0.5) is 8.78 Å². The van der Waals surface area contributed by atoms with Gasteiger partial charge in [0.2, 0.25) is 0 Å². The Morgan fingerprint density at radius 2 is 1.52 bits per heavy atom. The van der Waals surface area contributed by atoms with Gasteiger partial charge < -0.3 is 21.8 Å². The number of hydrogen-bond donors (Lipinski definition) is 4. The Morgan fingerprint density at radius 3 is 2.15 bits per heavy atom. The molecule has 0 radical (unpaired) electrons. The zero-order valence-corrected chi connectivity index (χ0v) is 18.1. The van der Waals surface area contributed by atoms with E-state index in [1.54, 1.807) is 24.3 Å². The van der Waals surface area contributed by atoms with Crippen molar-refractivity contribution in [1.82, 2.24) is 10.3 Å². The van der Waals surface area contributed by atoms with Gasteiger partial charge in [-0.15, -0.1) is 0 Å². The van der Waals surface area contributed by atoms with E-state index in [9.17, 15) is 13.6 Å². The number of rotatable bonds is 8. The molecule has 1 atom stereocenters. The van der Waals surface area contributed by atoms with Gasteiger partial charge in [0.05, 0.1) is 0 Å². The minimum absolute atomic E-state index is 0.193. The third kappa shape index (κ3) is 5.10. The summed E-state index contributed by atoms with van der Waals surface area (Å²) >= 11 is 0. The summed E-state index contributed by atoms with van der Waals surface area (Å²) in [4.78, 5) is 16.3. The highest BCUT2D eigenvalue weighted by atomic mass is 19.1. The number of amides is 1. The molecule has 170 valence electrons. The highest BCUT2D eigenvalue weighted by molar-refractivity contribution is 6.10. The van der Waals surface area contributed by atoms with Crippen molar-refractivity contribution < 1.29 is 13.6 Å². The van der Waals surface area contributed by atoms with Crippen LogP contribution in [0.5, 0.6) is 0 Å². The zero-order chi connectivity index (χ0) is 23.4. The third-order valence-corrected chi connectivity index (χ3v) is 5.64. The highest BCUT2D eigenvalue weighted by Crippen LogP contribution is 2.35. The first-order valence-electron chi connectivity index (χ1n) is 10.9. The van der Waals surface area contributed by atoms with Crippen molar-refractivity contribution in [1.29, 1.82) is 0 Å². The average molecular weight is 449 g/mol. The molecular formula is C26H26F2N4O. The number of benzene rings is 3. The van der Waals surface area contributed by atoms with Crippen LogP contribution in [0.1, 0.15) is 23.3 Å². The highest BCUT2D eigenvalue weighted by Gasteiger charge is 2.20. The van der Waals surface area contributed by atoms with Gasteiger partial charge in [0.25, 0.3) is 5.91 Å². The maximum Gasteiger partial charge on any atom is 0.268 e. The summed E-state index contributed by atoms with van der Waals surface area (Å²) in [6, 6.07) is 17.8. The summed E-state index contributed by atoms with van der Waals surface area (Å²) in [7, 11) is 0. The van der Waals surface area contributed by atoms with Crippen LogP contribution in [0.15, 0.2) is 66.7 Å². The van der Waals surface area contributed by atoms with Crippen LogP contribution in [0, 0.1) is 11.6 Å². The Bertz CT molecular complexity index is 1250. The molecule has 0 saturated carbocycles. The zero-order valence-electron chi connectivity index (χ0n) is 18.1. The summed E-state index contributed by atoms with van der Waals surface area (Å²) in [5, 5.41) is 3.72. The molecule has 5 nitrogen and oxygen atoms in total. The van der Waals surface area contributed by atoms with Gasteiger partial charge in [-0.1, -0.05) is 36.4 Å². The fourth-order valence-corrected chi connectivity index (χ4v) is 3.90. The number of hydrogen-bond acceptors (Lipinski definition) is 3. The summed E-state index contributed by atoms with van der Waals surface area (Å²) in [6.45, 7) is 0.868. The Morgan fingerprint density at radius 1 is 0.909 bits per heavy atom. The van der Waals surface area contributed by atoms with E-state index in [0.29, 0.717) is 24.3 Å². The van der Waals surface area contributed by atoms with Crippen molar-refractivity contribution in [2.24, 2.45) is 11.5 Å². The van der Waals surface area contributed by atoms with E-state index in [4.69, 9.17) is 11.5 Å². The standard InChI is InChI=1S/C26H26F2N4O/c27-19-8-3-16(4-9-19)18-7-12-22-23(14-18)32-25(24(22)17-5-10-20(28)11-6-17)26(33)31-15-21(30)2-1-13-29/h3-12,14,21,32H,1-2,13,15,29-30H2,(H,31,33)/t21-/m1/s1. The molecule has 0 aliphatic carbocycles. The Balaban J connectivity index is 1.73. The number of fused-ring (bicyclic) bond motifs is 1. The van der Waals surface area contributed by atoms with Gasteiger partial charge in [-0.25, -0.2) is 8.78 Å². The lowest BCUT2D eigenvalue weighted by Gasteiger charge is -2.12. The van der Waals surface area contributed by atoms with Crippen molar-refractivity contribution in [2.45, 2.75) is 18.9 Å². The molecule has 0 spiro atoms. The number of halogens is 2. The maximum atomic E-state index is 13.5. The fourth-order valence-electron chi connectivity index (χ4n) is 3.90. The topological polar surface area (TPSA) is 96.9 Å². The van der Waals surface area contributed by atoms with E-state index in [-0.39, 0.29) is 23.6 Å². The molecule has 1 heterocycles. The Kier molecular flexibility index (Phi) is 6.82. The van der Waals surface area contributed by atoms with Gasteiger partial charge in [0.15, 0.2) is 0 Å². The molecule has 0 bridgehead atoms. The summed E-state index contributed by atoms with van der Waals surface area (Å²) in [5.41, 5.74) is 15.9. The first-order valence-corrected chi connectivity index (χ1v) is 10.9. The normalized spacial score (nSPS) is 12.1. The average Bonchev–Trinajstić information content (AvgIpc) is 3.21. The minimum atomic E-state index is -0.353. The molecule has 4 aromatic rings. The van der Waals surface area contributed by atoms with Gasteiger partial charge in [-0.05, 0) is 66.4 Å². The third-order valence-electron chi connectivity index (χ3n) is 5.64. The van der Waals surface area contributed by atoms with Crippen LogP contribution in [0.3, 0.4) is 0 Å². The lowest BCUT2D eigenvalue weighted by atomic mass is 9.99. The largest absolute Gasteiger partial charge is 0.350 e. The van der Waals surface area contributed by atoms with Crippen molar-refractivity contribution in [3.05, 3.63) is 84.1 Å². The van der Waals surface area contributed by atoms with Crippen LogP contribution in [-0.2, 0) is 0 Å². The van der Waals surface area contributed by atoms with Crippen molar-refractivity contribution in [3.8, 4) is 22.3 Å². The number of carbonyl (C=O) groups is 1. The molecule has 33 heavy (non-hydrogen) atoms. The van der Waals surface area contributed by atoms with E-state index < -0.39 is 0 Å². The quantitative estimate of drug-likeness (QED) is 0.318. The Labute approximate surface area is 190 Å². The van der Waals surface area contributed by atoms with E-state index in [0.717, 1.165) is 40.4 Å². The van der Waals surface area contributed by atoms with Gasteiger partial charge >= 0.3 is 0 Å². The monoisotopic (exact) mass is 448 g/mol. The van der Waals surface area contributed by atoms with E-state index in [1.807, 2.05) is 18.2 Å². The van der Waals surface area contributed by atoms with E-state index >= 15 is 0 Å². The number of nitrogens with one attached hydrogen (secondary N) is 2. The molecule has 0 aliphatic heterocycles. The first-order chi connectivity index (χ1) is 16.0. The first kappa shape index (κ1) is 22.6. The SMILES string of the molecule is NCCC[C@@H](N)CNC(=O)c1[nH]c2cc(-c3ccc(F)cc3)ccc2c1-c1ccc(F)cc1. The molecule has 7 heteroatoms. The summed E-state index contributed by atoms with van der Waals surface area (Å²) < 4.78 is 26.9. The van der Waals surface area contributed by atoms with Crippen LogP contribution in [-0.4, -0.2) is 30.0 Å². The smallest absolute Gasteiger partial charge is 0.268 e. The molecular weight excluding hydrogens is 422 g/mol. The second kappa shape index (κ2) is 9.94. The fraction of sp³-hybridized carbons (Fsp3) is 0.192. The van der Waals surface area contributed by atoms with Gasteiger partial charge in [-0.3, -0.25) is 4.79 Å².